The summed E-state index contributed by atoms with van der Waals surface area (Å²) in [6.07, 6.45) is 0. The van der Waals surface area contributed by atoms with Crippen molar-refractivity contribution in [3.63, 3.8) is 0 Å². The standard InChI is InChI=1S/C66H43NS/c1-3-19-44(20-4-1)45-37-39-48(40-38-45)51-42-41-49(43-61(51)47-21-5-2-6-22-47)67(62-35-15-13-28-54(62)59-33-18-34-60-55-29-14-16-36-63(55)68-66(59)60)65-58-31-12-10-27-53(58)52-26-9-11-30-57(52)64(65)56-32-17-24-46-23-7-8-25-50(46)56/h1-43H. The van der Waals surface area contributed by atoms with Gasteiger partial charge in [0.1, 0.15) is 0 Å². The molecule has 0 saturated carbocycles. The highest BCUT2D eigenvalue weighted by Gasteiger charge is 2.27. The molecule has 0 aliphatic carbocycles. The molecule has 0 fully saturated rings. The predicted molar refractivity (Wildman–Crippen MR) is 294 cm³/mol. The molecule has 0 saturated heterocycles. The van der Waals surface area contributed by atoms with Gasteiger partial charge in [-0.3, -0.25) is 0 Å². The van der Waals surface area contributed by atoms with Crippen molar-refractivity contribution in [3.05, 3.63) is 261 Å². The molecule has 1 nitrogen and oxygen atoms in total. The Balaban J connectivity index is 1.15. The lowest BCUT2D eigenvalue weighted by Gasteiger charge is -2.33. The Kier molecular flexibility index (Phi) is 9.77. The van der Waals surface area contributed by atoms with Crippen LogP contribution in [0.1, 0.15) is 0 Å². The minimum Gasteiger partial charge on any atom is -0.309 e. The Morgan fingerprint density at radius 3 is 1.59 bits per heavy atom. The lowest BCUT2D eigenvalue weighted by molar-refractivity contribution is 1.30. The van der Waals surface area contributed by atoms with E-state index >= 15 is 0 Å². The molecule has 0 amide bonds. The minimum atomic E-state index is 1.08. The van der Waals surface area contributed by atoms with E-state index in [4.69, 9.17) is 0 Å². The Morgan fingerprint density at radius 2 is 0.794 bits per heavy atom. The van der Waals surface area contributed by atoms with Crippen molar-refractivity contribution in [1.29, 1.82) is 0 Å². The van der Waals surface area contributed by atoms with E-state index in [0.717, 1.165) is 22.6 Å². The van der Waals surface area contributed by atoms with Crippen molar-refractivity contribution < 1.29 is 0 Å². The first-order valence-electron chi connectivity index (χ1n) is 23.3. The summed E-state index contributed by atoms with van der Waals surface area (Å²) >= 11 is 1.88. The van der Waals surface area contributed by atoms with Crippen LogP contribution in [-0.2, 0) is 0 Å². The number of para-hydroxylation sites is 1. The number of nitrogens with zero attached hydrogens (tertiary/aromatic N) is 1. The van der Waals surface area contributed by atoms with E-state index in [-0.39, 0.29) is 0 Å². The second kappa shape index (κ2) is 16.7. The largest absolute Gasteiger partial charge is 0.309 e. The van der Waals surface area contributed by atoms with Crippen molar-refractivity contribution in [2.45, 2.75) is 0 Å². The van der Waals surface area contributed by atoms with E-state index in [1.54, 1.807) is 0 Å². The summed E-state index contributed by atoms with van der Waals surface area (Å²) in [5.41, 5.74) is 15.2. The lowest BCUT2D eigenvalue weighted by atomic mass is 9.87. The van der Waals surface area contributed by atoms with Gasteiger partial charge in [-0.25, -0.2) is 0 Å². The van der Waals surface area contributed by atoms with Gasteiger partial charge in [-0.15, -0.1) is 11.3 Å². The first-order valence-corrected chi connectivity index (χ1v) is 24.2. The van der Waals surface area contributed by atoms with Crippen LogP contribution in [0.2, 0.25) is 0 Å². The third kappa shape index (κ3) is 6.69. The number of thiophene rings is 1. The highest BCUT2D eigenvalue weighted by molar-refractivity contribution is 7.26. The fraction of sp³-hybridized carbons (Fsp3) is 0. The van der Waals surface area contributed by atoms with Crippen molar-refractivity contribution in [1.82, 2.24) is 0 Å². The molecule has 318 valence electrons. The van der Waals surface area contributed by atoms with Crippen LogP contribution in [0, 0.1) is 0 Å². The SMILES string of the molecule is c1ccc(-c2ccc(-c3ccc(N(c4ccccc4-c4cccc5c4sc4ccccc45)c4c(-c5cccc6ccccc56)c5ccccc5c5ccccc45)cc3-c3ccccc3)cc2)cc1. The van der Waals surface area contributed by atoms with Gasteiger partial charge in [0.05, 0.1) is 11.4 Å². The fourth-order valence-corrected chi connectivity index (χ4v) is 11.8. The maximum atomic E-state index is 2.59. The molecule has 1 aromatic heterocycles. The number of hydrogen-bond acceptors (Lipinski definition) is 2. The summed E-state index contributed by atoms with van der Waals surface area (Å²) in [7, 11) is 0. The third-order valence-electron chi connectivity index (χ3n) is 13.7. The van der Waals surface area contributed by atoms with Crippen molar-refractivity contribution in [2.75, 3.05) is 4.90 Å². The molecule has 2 heteroatoms. The summed E-state index contributed by atoms with van der Waals surface area (Å²) in [6.45, 7) is 0. The molecule has 1 heterocycles. The Morgan fingerprint density at radius 1 is 0.279 bits per heavy atom. The van der Waals surface area contributed by atoms with Gasteiger partial charge >= 0.3 is 0 Å². The zero-order chi connectivity index (χ0) is 45.0. The molecule has 0 spiro atoms. The van der Waals surface area contributed by atoms with Crippen molar-refractivity contribution >= 4 is 80.9 Å². The van der Waals surface area contributed by atoms with E-state index in [1.807, 2.05) is 11.3 Å². The van der Waals surface area contributed by atoms with E-state index in [2.05, 4.69) is 266 Å². The quantitative estimate of drug-likeness (QED) is 0.137. The van der Waals surface area contributed by atoms with Crippen LogP contribution in [0.4, 0.5) is 17.1 Å². The van der Waals surface area contributed by atoms with E-state index < -0.39 is 0 Å². The predicted octanol–water partition coefficient (Wildman–Crippen LogP) is 19.3. The van der Waals surface area contributed by atoms with Crippen LogP contribution in [0.5, 0.6) is 0 Å². The van der Waals surface area contributed by atoms with Crippen LogP contribution in [-0.4, -0.2) is 0 Å². The van der Waals surface area contributed by atoms with Crippen LogP contribution in [0.3, 0.4) is 0 Å². The molecule has 0 unspecified atom stereocenters. The summed E-state index contributed by atoms with van der Waals surface area (Å²) in [5, 5.41) is 9.86. The van der Waals surface area contributed by atoms with Gasteiger partial charge in [-0.1, -0.05) is 237 Å². The molecule has 13 aromatic rings. The number of fused-ring (bicyclic) bond motifs is 7. The van der Waals surface area contributed by atoms with Crippen LogP contribution >= 0.6 is 11.3 Å². The average Bonchev–Trinajstić information content (AvgIpc) is 3.81. The number of hydrogen-bond donors (Lipinski definition) is 0. The molecular formula is C66H43NS. The normalized spacial score (nSPS) is 11.5. The second-order valence-electron chi connectivity index (χ2n) is 17.5. The van der Waals surface area contributed by atoms with Gasteiger partial charge in [0.25, 0.3) is 0 Å². The van der Waals surface area contributed by atoms with Crippen LogP contribution in [0.25, 0.3) is 108 Å². The molecule has 0 N–H and O–H groups in total. The summed E-state index contributed by atoms with van der Waals surface area (Å²) in [6, 6.07) is 96.0. The molecule has 0 bridgehead atoms. The van der Waals surface area contributed by atoms with Crippen molar-refractivity contribution in [3.8, 4) is 55.6 Å². The maximum absolute atomic E-state index is 2.59. The average molecular weight is 882 g/mol. The van der Waals surface area contributed by atoms with E-state index in [1.165, 1.54) is 103 Å². The molecule has 0 atom stereocenters. The number of benzene rings is 12. The molecule has 12 aromatic carbocycles. The van der Waals surface area contributed by atoms with Gasteiger partial charge in [0, 0.05) is 47.9 Å². The number of anilines is 3. The molecule has 0 aliphatic rings. The molecular weight excluding hydrogens is 839 g/mol. The van der Waals surface area contributed by atoms with Gasteiger partial charge in [0.2, 0.25) is 0 Å². The van der Waals surface area contributed by atoms with Gasteiger partial charge in [-0.05, 0) is 90.1 Å². The number of rotatable bonds is 8. The van der Waals surface area contributed by atoms with E-state index in [0.29, 0.717) is 0 Å². The van der Waals surface area contributed by atoms with Crippen LogP contribution in [0.15, 0.2) is 261 Å². The molecule has 68 heavy (non-hydrogen) atoms. The Hall–Kier alpha value is -8.56. The first kappa shape index (κ1) is 39.8. The Labute approximate surface area is 400 Å². The molecule has 13 rings (SSSR count). The smallest absolute Gasteiger partial charge is 0.0625 e. The van der Waals surface area contributed by atoms with Gasteiger partial charge < -0.3 is 4.90 Å². The molecule has 0 aliphatic heterocycles. The fourth-order valence-electron chi connectivity index (χ4n) is 10.6. The Bertz CT molecular complexity index is 4010. The zero-order valence-electron chi connectivity index (χ0n) is 37.2. The van der Waals surface area contributed by atoms with Gasteiger partial charge in [-0.2, -0.15) is 0 Å². The first-order chi connectivity index (χ1) is 33.8. The highest BCUT2D eigenvalue weighted by atomic mass is 32.1. The third-order valence-corrected chi connectivity index (χ3v) is 14.9. The van der Waals surface area contributed by atoms with Crippen LogP contribution < -0.4 is 4.90 Å². The highest BCUT2D eigenvalue weighted by Crippen LogP contribution is 2.54. The molecule has 0 radical (unpaired) electrons. The summed E-state index contributed by atoms with van der Waals surface area (Å²) in [5.74, 6) is 0. The van der Waals surface area contributed by atoms with Crippen molar-refractivity contribution in [2.24, 2.45) is 0 Å². The summed E-state index contributed by atoms with van der Waals surface area (Å²) in [4.78, 5) is 2.59. The maximum Gasteiger partial charge on any atom is 0.0625 e. The monoisotopic (exact) mass is 881 g/mol. The summed E-state index contributed by atoms with van der Waals surface area (Å²) < 4.78 is 2.58. The topological polar surface area (TPSA) is 3.24 Å². The lowest BCUT2D eigenvalue weighted by Crippen LogP contribution is -2.14. The second-order valence-corrected chi connectivity index (χ2v) is 18.6. The zero-order valence-corrected chi connectivity index (χ0v) is 38.0. The minimum absolute atomic E-state index is 1.08. The van der Waals surface area contributed by atoms with Gasteiger partial charge in [0.15, 0.2) is 0 Å². The van der Waals surface area contributed by atoms with E-state index in [9.17, 15) is 0 Å².